The highest BCUT2D eigenvalue weighted by molar-refractivity contribution is 5.76. The van der Waals surface area contributed by atoms with Crippen molar-refractivity contribution in [3.8, 4) is 17.0 Å². The largest absolute Gasteiger partial charge is 0.435 e. The molecule has 0 unspecified atom stereocenters. The van der Waals surface area contributed by atoms with Crippen molar-refractivity contribution in [2.45, 2.75) is 13.5 Å². The number of hydrogen-bond donors (Lipinski definition) is 1. The number of benzene rings is 1. The van der Waals surface area contributed by atoms with Crippen molar-refractivity contribution in [1.29, 1.82) is 0 Å². The smallest absolute Gasteiger partial charge is 0.387 e. The van der Waals surface area contributed by atoms with Crippen LogP contribution >= 0.6 is 0 Å². The number of imidazole rings is 1. The number of fused-ring (bicyclic) bond motifs is 1. The predicted molar refractivity (Wildman–Crippen MR) is 76.4 cm³/mol. The molecule has 1 aromatic carbocycles. The van der Waals surface area contributed by atoms with Crippen LogP contribution in [0.1, 0.15) is 5.56 Å². The first-order valence-corrected chi connectivity index (χ1v) is 6.34. The first-order valence-electron chi connectivity index (χ1n) is 6.34. The van der Waals surface area contributed by atoms with E-state index in [1.807, 2.05) is 25.3 Å². The van der Waals surface area contributed by atoms with E-state index in [2.05, 4.69) is 9.72 Å². The molecule has 0 aliphatic rings. The lowest BCUT2D eigenvalue weighted by Gasteiger charge is -2.05. The van der Waals surface area contributed by atoms with Crippen LogP contribution in [0.2, 0.25) is 0 Å². The second-order valence-electron chi connectivity index (χ2n) is 4.63. The van der Waals surface area contributed by atoms with Crippen LogP contribution < -0.4 is 10.5 Å². The molecule has 3 rings (SSSR count). The van der Waals surface area contributed by atoms with E-state index in [4.69, 9.17) is 5.73 Å². The molecular formula is C15H13F2N3O. The number of halogens is 2. The summed E-state index contributed by atoms with van der Waals surface area (Å²) in [4.78, 5) is 4.52. The summed E-state index contributed by atoms with van der Waals surface area (Å²) in [6.07, 6.45) is 1.84. The highest BCUT2D eigenvalue weighted by Crippen LogP contribution is 2.29. The third-order valence-corrected chi connectivity index (χ3v) is 3.24. The van der Waals surface area contributed by atoms with E-state index in [-0.39, 0.29) is 5.75 Å². The van der Waals surface area contributed by atoms with Gasteiger partial charge in [-0.3, -0.25) is 4.40 Å². The summed E-state index contributed by atoms with van der Waals surface area (Å²) in [5.41, 5.74) is 9.26. The van der Waals surface area contributed by atoms with Crippen LogP contribution in [0.15, 0.2) is 42.6 Å². The molecule has 0 aliphatic heterocycles. The van der Waals surface area contributed by atoms with Crippen molar-refractivity contribution in [3.05, 3.63) is 48.2 Å². The monoisotopic (exact) mass is 289 g/mol. The molecule has 0 saturated heterocycles. The fraction of sp³-hybridized carbons (Fsp3) is 0.133. The van der Waals surface area contributed by atoms with Gasteiger partial charge in [-0.25, -0.2) is 4.98 Å². The number of pyridine rings is 1. The number of hydrogen-bond acceptors (Lipinski definition) is 3. The Morgan fingerprint density at radius 3 is 2.52 bits per heavy atom. The number of alkyl halides is 2. The first-order chi connectivity index (χ1) is 10.1. The van der Waals surface area contributed by atoms with Gasteiger partial charge >= 0.3 is 6.61 Å². The van der Waals surface area contributed by atoms with E-state index >= 15 is 0 Å². The Labute approximate surface area is 119 Å². The summed E-state index contributed by atoms with van der Waals surface area (Å²) in [5, 5.41) is 0. The number of rotatable bonds is 3. The Kier molecular flexibility index (Phi) is 3.21. The Bertz CT molecular complexity index is 781. The zero-order valence-electron chi connectivity index (χ0n) is 11.3. The first kappa shape index (κ1) is 13.4. The van der Waals surface area contributed by atoms with Crippen LogP contribution in [0.25, 0.3) is 16.9 Å². The minimum Gasteiger partial charge on any atom is -0.435 e. The van der Waals surface area contributed by atoms with Crippen molar-refractivity contribution >= 4 is 11.5 Å². The summed E-state index contributed by atoms with van der Waals surface area (Å²) in [7, 11) is 0. The standard InChI is InChI=1S/C15H13F2N3O/c1-9-3-2-8-20-13(18)12(19-14(9)20)10-4-6-11(7-5-10)21-15(16)17/h2-8,15H,18H2,1H3. The van der Waals surface area contributed by atoms with E-state index in [0.29, 0.717) is 11.5 Å². The van der Waals surface area contributed by atoms with E-state index in [1.165, 1.54) is 12.1 Å². The quantitative estimate of drug-likeness (QED) is 0.803. The topological polar surface area (TPSA) is 52.5 Å². The second-order valence-corrected chi connectivity index (χ2v) is 4.63. The number of anilines is 1. The number of ether oxygens (including phenoxy) is 1. The average Bonchev–Trinajstić information content (AvgIpc) is 2.78. The minimum absolute atomic E-state index is 0.104. The van der Waals surface area contributed by atoms with Gasteiger partial charge in [0.15, 0.2) is 0 Å². The molecule has 4 nitrogen and oxygen atoms in total. The van der Waals surface area contributed by atoms with Crippen LogP contribution in [0, 0.1) is 6.92 Å². The Balaban J connectivity index is 2.04. The van der Waals surface area contributed by atoms with E-state index in [1.54, 1.807) is 16.5 Å². The van der Waals surface area contributed by atoms with Crippen molar-refractivity contribution < 1.29 is 13.5 Å². The third kappa shape index (κ3) is 2.40. The summed E-state index contributed by atoms with van der Waals surface area (Å²) < 4.78 is 30.4. The van der Waals surface area contributed by atoms with Crippen LogP contribution in [0.5, 0.6) is 5.75 Å². The molecule has 2 aromatic heterocycles. The maximum Gasteiger partial charge on any atom is 0.387 e. The van der Waals surface area contributed by atoms with Crippen molar-refractivity contribution in [1.82, 2.24) is 9.38 Å². The van der Waals surface area contributed by atoms with Gasteiger partial charge in [-0.15, -0.1) is 0 Å². The summed E-state index contributed by atoms with van der Waals surface area (Å²) in [6, 6.07) is 10.1. The molecule has 0 aliphatic carbocycles. The van der Waals surface area contributed by atoms with E-state index in [0.717, 1.165) is 16.8 Å². The molecule has 0 saturated carbocycles. The lowest BCUT2D eigenvalue weighted by Crippen LogP contribution is -2.01. The fourth-order valence-corrected chi connectivity index (χ4v) is 2.23. The van der Waals surface area contributed by atoms with Crippen LogP contribution in [-0.2, 0) is 0 Å². The second kappa shape index (κ2) is 5.05. The Morgan fingerprint density at radius 1 is 1.19 bits per heavy atom. The SMILES string of the molecule is Cc1cccn2c(N)c(-c3ccc(OC(F)F)cc3)nc12. The normalized spacial score (nSPS) is 11.2. The molecule has 6 heteroatoms. The molecule has 21 heavy (non-hydrogen) atoms. The molecule has 0 fully saturated rings. The van der Waals surface area contributed by atoms with Crippen LogP contribution in [-0.4, -0.2) is 16.0 Å². The number of nitrogen functional groups attached to an aromatic ring is 1. The molecule has 0 bridgehead atoms. The van der Waals surface area contributed by atoms with Crippen molar-refractivity contribution in [2.75, 3.05) is 5.73 Å². The van der Waals surface area contributed by atoms with Gasteiger partial charge in [0.05, 0.1) is 0 Å². The van der Waals surface area contributed by atoms with Gasteiger partial charge in [-0.05, 0) is 42.8 Å². The predicted octanol–water partition coefficient (Wildman–Crippen LogP) is 3.49. The number of nitrogens with zero attached hydrogens (tertiary/aromatic N) is 2. The molecule has 0 spiro atoms. The Morgan fingerprint density at radius 2 is 1.90 bits per heavy atom. The lowest BCUT2D eigenvalue weighted by atomic mass is 10.1. The maximum atomic E-state index is 12.1. The van der Waals surface area contributed by atoms with Gasteiger partial charge in [0, 0.05) is 11.8 Å². The van der Waals surface area contributed by atoms with E-state index < -0.39 is 6.61 Å². The zero-order chi connectivity index (χ0) is 15.0. The van der Waals surface area contributed by atoms with Gasteiger partial charge in [-0.1, -0.05) is 6.07 Å². The van der Waals surface area contributed by atoms with Crippen LogP contribution in [0.3, 0.4) is 0 Å². The minimum atomic E-state index is -2.83. The Hall–Kier alpha value is -2.63. The summed E-state index contributed by atoms with van der Waals surface area (Å²) in [6.45, 7) is -0.885. The lowest BCUT2D eigenvalue weighted by molar-refractivity contribution is -0.0498. The number of aryl methyl sites for hydroxylation is 1. The molecule has 2 heterocycles. The van der Waals surface area contributed by atoms with Crippen LogP contribution in [0.4, 0.5) is 14.6 Å². The maximum absolute atomic E-state index is 12.1. The molecule has 3 aromatic rings. The highest BCUT2D eigenvalue weighted by atomic mass is 19.3. The van der Waals surface area contributed by atoms with Crippen molar-refractivity contribution in [3.63, 3.8) is 0 Å². The molecule has 108 valence electrons. The molecular weight excluding hydrogens is 276 g/mol. The van der Waals surface area contributed by atoms with Gasteiger partial charge < -0.3 is 10.5 Å². The molecule has 0 amide bonds. The number of aromatic nitrogens is 2. The van der Waals surface area contributed by atoms with Gasteiger partial charge in [0.1, 0.15) is 22.9 Å². The van der Waals surface area contributed by atoms with Gasteiger partial charge in [0.2, 0.25) is 0 Å². The highest BCUT2D eigenvalue weighted by Gasteiger charge is 2.13. The van der Waals surface area contributed by atoms with Gasteiger partial charge in [-0.2, -0.15) is 8.78 Å². The zero-order valence-corrected chi connectivity index (χ0v) is 11.3. The van der Waals surface area contributed by atoms with E-state index in [9.17, 15) is 8.78 Å². The summed E-state index contributed by atoms with van der Waals surface area (Å²) in [5.74, 6) is 0.614. The molecule has 0 radical (unpaired) electrons. The van der Waals surface area contributed by atoms with Gasteiger partial charge in [0.25, 0.3) is 0 Å². The average molecular weight is 289 g/mol. The van der Waals surface area contributed by atoms with Crippen molar-refractivity contribution in [2.24, 2.45) is 0 Å². The third-order valence-electron chi connectivity index (χ3n) is 3.24. The molecule has 0 atom stereocenters. The fourth-order valence-electron chi connectivity index (χ4n) is 2.23. The summed E-state index contributed by atoms with van der Waals surface area (Å²) >= 11 is 0. The molecule has 2 N–H and O–H groups in total. The number of nitrogens with two attached hydrogens (primary N) is 1.